The van der Waals surface area contributed by atoms with E-state index in [2.05, 4.69) is 38.5 Å². The number of nitrogens with zero attached hydrogens (tertiary/aromatic N) is 6. The molecule has 0 atom stereocenters. The third-order valence-corrected chi connectivity index (χ3v) is 7.39. The molecule has 0 radical (unpaired) electrons. The molecule has 1 aliphatic heterocycles. The number of nitrogens with one attached hydrogen (secondary N) is 2. The standard InChI is InChI=1S/C31H36N8O2/c1-5-24-23(19-32)31(34-21-9-10-28-26(16-21)33-20-38(28)4)22-17-27(29(41-6-2)18-25(22)35-24)36-30(40)8-7-11-39-14-12-37(3)13-15-39/h7-10,16-18,20H,5-6,11-15H2,1-4H3,(H,34,35)(H,36,40)/b8-7+. The molecule has 1 saturated heterocycles. The molecule has 0 saturated carbocycles. The highest BCUT2D eigenvalue weighted by Gasteiger charge is 2.19. The molecule has 212 valence electrons. The van der Waals surface area contributed by atoms with Gasteiger partial charge in [0, 0.05) is 63.0 Å². The van der Waals surface area contributed by atoms with Gasteiger partial charge in [-0.25, -0.2) is 4.98 Å². The molecule has 4 aromatic rings. The minimum Gasteiger partial charge on any atom is -0.492 e. The van der Waals surface area contributed by atoms with Gasteiger partial charge >= 0.3 is 0 Å². The number of hydrogen-bond acceptors (Lipinski definition) is 8. The molecular formula is C31H36N8O2. The van der Waals surface area contributed by atoms with Gasteiger partial charge in [-0.1, -0.05) is 13.0 Å². The van der Waals surface area contributed by atoms with Gasteiger partial charge in [-0.15, -0.1) is 0 Å². The highest BCUT2D eigenvalue weighted by Crippen LogP contribution is 2.38. The molecule has 5 rings (SSSR count). The fourth-order valence-electron chi connectivity index (χ4n) is 5.09. The number of piperazine rings is 1. The molecule has 2 N–H and O–H groups in total. The van der Waals surface area contributed by atoms with Crippen molar-refractivity contribution in [3.05, 3.63) is 60.1 Å². The molecule has 2 aromatic carbocycles. The number of rotatable bonds is 9. The third kappa shape index (κ3) is 6.16. The van der Waals surface area contributed by atoms with Crippen LogP contribution in [0.2, 0.25) is 0 Å². The predicted octanol–water partition coefficient (Wildman–Crippen LogP) is 4.44. The lowest BCUT2D eigenvalue weighted by Crippen LogP contribution is -2.44. The van der Waals surface area contributed by atoms with Crippen molar-refractivity contribution >= 4 is 44.9 Å². The summed E-state index contributed by atoms with van der Waals surface area (Å²) in [5.74, 6) is 0.286. The Kier molecular flexibility index (Phi) is 8.47. The second kappa shape index (κ2) is 12.4. The molecule has 3 heterocycles. The number of pyridine rings is 1. The van der Waals surface area contributed by atoms with E-state index in [0.29, 0.717) is 52.3 Å². The van der Waals surface area contributed by atoms with Gasteiger partial charge < -0.3 is 24.8 Å². The number of benzene rings is 2. The summed E-state index contributed by atoms with van der Waals surface area (Å²) >= 11 is 0. The van der Waals surface area contributed by atoms with E-state index in [0.717, 1.165) is 49.4 Å². The lowest BCUT2D eigenvalue weighted by molar-refractivity contribution is -0.111. The maximum Gasteiger partial charge on any atom is 0.248 e. The fourth-order valence-corrected chi connectivity index (χ4v) is 5.09. The van der Waals surface area contributed by atoms with E-state index in [-0.39, 0.29) is 5.91 Å². The average Bonchev–Trinajstić information content (AvgIpc) is 3.34. The number of carbonyl (C=O) groups excluding carboxylic acids is 1. The van der Waals surface area contributed by atoms with Gasteiger partial charge in [0.1, 0.15) is 11.8 Å². The summed E-state index contributed by atoms with van der Waals surface area (Å²) < 4.78 is 7.87. The molecule has 1 fully saturated rings. The van der Waals surface area contributed by atoms with Crippen LogP contribution in [0, 0.1) is 11.3 Å². The van der Waals surface area contributed by atoms with Crippen molar-refractivity contribution in [2.75, 3.05) is 57.0 Å². The Morgan fingerprint density at radius 3 is 2.66 bits per heavy atom. The first-order valence-electron chi connectivity index (χ1n) is 14.0. The van der Waals surface area contributed by atoms with Gasteiger partial charge in [0.05, 0.1) is 52.1 Å². The van der Waals surface area contributed by atoms with Gasteiger partial charge in [0.25, 0.3) is 0 Å². The van der Waals surface area contributed by atoms with Crippen LogP contribution in [0.15, 0.2) is 48.8 Å². The molecule has 41 heavy (non-hydrogen) atoms. The van der Waals surface area contributed by atoms with Crippen molar-refractivity contribution in [1.82, 2.24) is 24.3 Å². The third-order valence-electron chi connectivity index (χ3n) is 7.39. The van der Waals surface area contributed by atoms with Crippen molar-refractivity contribution in [2.45, 2.75) is 20.3 Å². The number of amides is 1. The zero-order valence-electron chi connectivity index (χ0n) is 24.1. The number of fused-ring (bicyclic) bond motifs is 2. The van der Waals surface area contributed by atoms with Crippen LogP contribution < -0.4 is 15.4 Å². The first-order chi connectivity index (χ1) is 19.9. The molecule has 2 aromatic heterocycles. The Morgan fingerprint density at radius 2 is 1.93 bits per heavy atom. The largest absolute Gasteiger partial charge is 0.492 e. The maximum absolute atomic E-state index is 13.0. The van der Waals surface area contributed by atoms with E-state index >= 15 is 0 Å². The minimum atomic E-state index is -0.242. The topological polar surface area (TPSA) is 111 Å². The SMILES string of the molecule is CCOc1cc2nc(CC)c(C#N)c(Nc3ccc4c(c3)ncn4C)c2cc1NC(=O)/C=C/CN1CCN(C)CC1. The van der Waals surface area contributed by atoms with Crippen molar-refractivity contribution in [2.24, 2.45) is 7.05 Å². The van der Waals surface area contributed by atoms with E-state index in [1.807, 2.05) is 61.9 Å². The van der Waals surface area contributed by atoms with Gasteiger partial charge in [-0.3, -0.25) is 14.7 Å². The summed E-state index contributed by atoms with van der Waals surface area (Å²) in [5, 5.41) is 17.3. The molecule has 1 amide bonds. The van der Waals surface area contributed by atoms with E-state index in [4.69, 9.17) is 9.72 Å². The Labute approximate surface area is 240 Å². The second-order valence-electron chi connectivity index (χ2n) is 10.3. The van der Waals surface area contributed by atoms with Gasteiger partial charge in [-0.2, -0.15) is 5.26 Å². The van der Waals surface area contributed by atoms with Crippen LogP contribution in [0.5, 0.6) is 5.75 Å². The molecule has 10 heteroatoms. The number of carbonyl (C=O) groups is 1. The van der Waals surface area contributed by atoms with E-state index in [1.165, 1.54) is 0 Å². The fraction of sp³-hybridized carbons (Fsp3) is 0.355. The summed E-state index contributed by atoms with van der Waals surface area (Å²) in [6, 6.07) is 11.9. The number of nitriles is 1. The average molecular weight is 553 g/mol. The van der Waals surface area contributed by atoms with Crippen LogP contribution in [0.25, 0.3) is 21.9 Å². The molecule has 0 unspecified atom stereocenters. The lowest BCUT2D eigenvalue weighted by Gasteiger charge is -2.31. The molecule has 0 bridgehead atoms. The summed E-state index contributed by atoms with van der Waals surface area (Å²) in [6.07, 6.45) is 5.83. The first-order valence-corrected chi connectivity index (χ1v) is 14.0. The van der Waals surface area contributed by atoms with Crippen LogP contribution in [0.1, 0.15) is 25.1 Å². The number of anilines is 3. The van der Waals surface area contributed by atoms with Crippen LogP contribution in [0.3, 0.4) is 0 Å². The number of ether oxygens (including phenoxy) is 1. The number of likely N-dealkylation sites (N-methyl/N-ethyl adjacent to an activating group) is 1. The lowest BCUT2D eigenvalue weighted by atomic mass is 10.0. The zero-order chi connectivity index (χ0) is 28.9. The molecular weight excluding hydrogens is 516 g/mol. The number of aryl methyl sites for hydroxylation is 2. The smallest absolute Gasteiger partial charge is 0.248 e. The van der Waals surface area contributed by atoms with E-state index in [9.17, 15) is 10.1 Å². The van der Waals surface area contributed by atoms with Crippen LogP contribution in [0.4, 0.5) is 17.1 Å². The van der Waals surface area contributed by atoms with Gasteiger partial charge in [0.15, 0.2) is 0 Å². The summed E-state index contributed by atoms with van der Waals surface area (Å²) in [6.45, 7) is 9.05. The first kappa shape index (κ1) is 28.1. The molecule has 1 aliphatic rings. The highest BCUT2D eigenvalue weighted by molar-refractivity contribution is 6.05. The number of imidazole rings is 1. The van der Waals surface area contributed by atoms with Crippen LogP contribution in [-0.2, 0) is 18.3 Å². The zero-order valence-corrected chi connectivity index (χ0v) is 24.1. The molecule has 0 aliphatic carbocycles. The number of aromatic nitrogens is 3. The summed E-state index contributed by atoms with van der Waals surface area (Å²) in [4.78, 5) is 26.8. The Hall–Kier alpha value is -4.46. The molecule has 0 spiro atoms. The second-order valence-corrected chi connectivity index (χ2v) is 10.3. The Morgan fingerprint density at radius 1 is 1.12 bits per heavy atom. The van der Waals surface area contributed by atoms with Gasteiger partial charge in [-0.05, 0) is 44.7 Å². The van der Waals surface area contributed by atoms with Crippen molar-refractivity contribution in [3.8, 4) is 11.8 Å². The van der Waals surface area contributed by atoms with E-state index < -0.39 is 0 Å². The summed E-state index contributed by atoms with van der Waals surface area (Å²) in [7, 11) is 4.08. The summed E-state index contributed by atoms with van der Waals surface area (Å²) in [5.41, 5.74) is 5.64. The van der Waals surface area contributed by atoms with Crippen LogP contribution in [-0.4, -0.2) is 76.6 Å². The Balaban J connectivity index is 1.49. The maximum atomic E-state index is 13.0. The number of hydrogen-bond donors (Lipinski definition) is 2. The molecule has 10 nitrogen and oxygen atoms in total. The quantitative estimate of drug-likeness (QED) is 0.293. The van der Waals surface area contributed by atoms with Crippen molar-refractivity contribution < 1.29 is 9.53 Å². The van der Waals surface area contributed by atoms with E-state index in [1.54, 1.807) is 12.4 Å². The van der Waals surface area contributed by atoms with Crippen molar-refractivity contribution in [1.29, 1.82) is 5.26 Å². The van der Waals surface area contributed by atoms with Gasteiger partial charge in [0.2, 0.25) is 5.91 Å². The highest BCUT2D eigenvalue weighted by atomic mass is 16.5. The van der Waals surface area contributed by atoms with Crippen molar-refractivity contribution in [3.63, 3.8) is 0 Å². The Bertz CT molecular complexity index is 1640. The monoisotopic (exact) mass is 552 g/mol. The van der Waals surface area contributed by atoms with Crippen LogP contribution >= 0.6 is 0 Å². The normalized spacial score (nSPS) is 14.5. The minimum absolute atomic E-state index is 0.242. The predicted molar refractivity (Wildman–Crippen MR) is 163 cm³/mol.